The molecular weight excluding hydrogens is 204 g/mol. The predicted octanol–water partition coefficient (Wildman–Crippen LogP) is 0.504. The van der Waals surface area contributed by atoms with Crippen molar-refractivity contribution in [1.29, 1.82) is 0 Å². The van der Waals surface area contributed by atoms with E-state index in [2.05, 4.69) is 10.4 Å². The lowest BCUT2D eigenvalue weighted by atomic mass is 10.2. The highest BCUT2D eigenvalue weighted by atomic mass is 16.2. The quantitative estimate of drug-likeness (QED) is 0.741. The van der Waals surface area contributed by atoms with Crippen LogP contribution in [0.5, 0.6) is 0 Å². The molecule has 2 rings (SSSR count). The van der Waals surface area contributed by atoms with Gasteiger partial charge in [0.15, 0.2) is 0 Å². The summed E-state index contributed by atoms with van der Waals surface area (Å²) in [6.45, 7) is 1.69. The molecule has 0 saturated heterocycles. The highest BCUT2D eigenvalue weighted by Gasteiger charge is 2.13. The maximum atomic E-state index is 11.5. The molecular formula is C11H20N4O. The second-order valence-corrected chi connectivity index (χ2v) is 4.54. The largest absolute Gasteiger partial charge is 0.345 e. The number of hydrogen-bond acceptors (Lipinski definition) is 3. The van der Waals surface area contributed by atoms with Crippen molar-refractivity contribution in [2.24, 2.45) is 7.05 Å². The smallest absolute Gasteiger partial charge is 0.314 e. The first-order chi connectivity index (χ1) is 7.77. The van der Waals surface area contributed by atoms with Gasteiger partial charge in [0.05, 0.1) is 0 Å². The van der Waals surface area contributed by atoms with E-state index in [1.807, 2.05) is 0 Å². The normalized spacial score (nSPS) is 17.1. The first-order valence-electron chi connectivity index (χ1n) is 6.09. The van der Waals surface area contributed by atoms with E-state index in [0.717, 1.165) is 13.0 Å². The van der Waals surface area contributed by atoms with Crippen molar-refractivity contribution >= 4 is 0 Å². The third-order valence-electron chi connectivity index (χ3n) is 3.22. The summed E-state index contributed by atoms with van der Waals surface area (Å²) in [5, 5.41) is 7.55. The van der Waals surface area contributed by atoms with Crippen LogP contribution in [0.15, 0.2) is 11.1 Å². The number of nitrogens with one attached hydrogen (secondary N) is 1. The van der Waals surface area contributed by atoms with Crippen molar-refractivity contribution in [3.05, 3.63) is 16.8 Å². The zero-order valence-corrected chi connectivity index (χ0v) is 9.85. The molecule has 90 valence electrons. The van der Waals surface area contributed by atoms with E-state index in [0.29, 0.717) is 12.6 Å². The lowest BCUT2D eigenvalue weighted by Gasteiger charge is -2.10. The third kappa shape index (κ3) is 2.72. The molecule has 1 aromatic rings. The second kappa shape index (κ2) is 5.30. The minimum Gasteiger partial charge on any atom is -0.314 e. The fourth-order valence-corrected chi connectivity index (χ4v) is 2.24. The van der Waals surface area contributed by atoms with Gasteiger partial charge in [-0.2, -0.15) is 5.10 Å². The van der Waals surface area contributed by atoms with Crippen LogP contribution in [-0.2, 0) is 13.6 Å². The fourth-order valence-electron chi connectivity index (χ4n) is 2.24. The van der Waals surface area contributed by atoms with Gasteiger partial charge in [-0.3, -0.25) is 4.57 Å². The first-order valence-corrected chi connectivity index (χ1v) is 6.09. The van der Waals surface area contributed by atoms with Crippen LogP contribution in [-0.4, -0.2) is 26.9 Å². The molecule has 0 atom stereocenters. The number of hydrogen-bond donors (Lipinski definition) is 1. The Kier molecular flexibility index (Phi) is 3.77. The molecule has 5 heteroatoms. The molecule has 0 spiro atoms. The van der Waals surface area contributed by atoms with Crippen LogP contribution >= 0.6 is 0 Å². The molecule has 1 aliphatic carbocycles. The summed E-state index contributed by atoms with van der Waals surface area (Å²) in [6, 6.07) is 0.709. The van der Waals surface area contributed by atoms with Crippen LogP contribution in [0.1, 0.15) is 32.1 Å². The molecule has 16 heavy (non-hydrogen) atoms. The molecule has 1 heterocycles. The van der Waals surface area contributed by atoms with Gasteiger partial charge in [0, 0.05) is 19.6 Å². The number of rotatable bonds is 5. The molecule has 5 nitrogen and oxygen atoms in total. The van der Waals surface area contributed by atoms with Crippen molar-refractivity contribution in [3.63, 3.8) is 0 Å². The van der Waals surface area contributed by atoms with Crippen LogP contribution in [0.25, 0.3) is 0 Å². The molecule has 1 saturated carbocycles. The Morgan fingerprint density at radius 3 is 2.88 bits per heavy atom. The van der Waals surface area contributed by atoms with Crippen molar-refractivity contribution in [2.45, 2.75) is 44.7 Å². The summed E-state index contributed by atoms with van der Waals surface area (Å²) >= 11 is 0. The fraction of sp³-hybridized carbons (Fsp3) is 0.818. The van der Waals surface area contributed by atoms with Gasteiger partial charge in [0.1, 0.15) is 6.33 Å². The van der Waals surface area contributed by atoms with Crippen LogP contribution in [0.2, 0.25) is 0 Å². The molecule has 0 radical (unpaired) electrons. The van der Waals surface area contributed by atoms with E-state index in [1.165, 1.54) is 34.9 Å². The molecule has 0 unspecified atom stereocenters. The zero-order chi connectivity index (χ0) is 11.4. The van der Waals surface area contributed by atoms with Gasteiger partial charge in [-0.1, -0.05) is 12.8 Å². The van der Waals surface area contributed by atoms with Gasteiger partial charge >= 0.3 is 5.69 Å². The van der Waals surface area contributed by atoms with Gasteiger partial charge in [-0.15, -0.1) is 0 Å². The third-order valence-corrected chi connectivity index (χ3v) is 3.22. The summed E-state index contributed by atoms with van der Waals surface area (Å²) in [5.74, 6) is 0. The summed E-state index contributed by atoms with van der Waals surface area (Å²) in [6.07, 6.45) is 7.86. The number of aromatic nitrogens is 3. The maximum absolute atomic E-state index is 11.5. The minimum absolute atomic E-state index is 0.0270. The molecule has 1 fully saturated rings. The summed E-state index contributed by atoms with van der Waals surface area (Å²) in [4.78, 5) is 11.5. The predicted molar refractivity (Wildman–Crippen MR) is 62.3 cm³/mol. The monoisotopic (exact) mass is 224 g/mol. The van der Waals surface area contributed by atoms with Crippen LogP contribution in [0.4, 0.5) is 0 Å². The Balaban J connectivity index is 1.68. The van der Waals surface area contributed by atoms with E-state index in [1.54, 1.807) is 13.4 Å². The van der Waals surface area contributed by atoms with Crippen LogP contribution in [0, 0.1) is 0 Å². The highest BCUT2D eigenvalue weighted by molar-refractivity contribution is 4.73. The molecule has 1 N–H and O–H groups in total. The van der Waals surface area contributed by atoms with Crippen molar-refractivity contribution in [2.75, 3.05) is 6.54 Å². The molecule has 0 amide bonds. The van der Waals surface area contributed by atoms with Crippen LogP contribution < -0.4 is 11.0 Å². The van der Waals surface area contributed by atoms with E-state index in [4.69, 9.17) is 0 Å². The lowest BCUT2D eigenvalue weighted by molar-refractivity contribution is 0.476. The summed E-state index contributed by atoms with van der Waals surface area (Å²) < 4.78 is 3.03. The Morgan fingerprint density at radius 1 is 1.50 bits per heavy atom. The van der Waals surface area contributed by atoms with Gasteiger partial charge in [0.2, 0.25) is 0 Å². The van der Waals surface area contributed by atoms with E-state index in [-0.39, 0.29) is 5.69 Å². The summed E-state index contributed by atoms with van der Waals surface area (Å²) in [5.41, 5.74) is -0.0270. The first kappa shape index (κ1) is 11.4. The average Bonchev–Trinajstić information content (AvgIpc) is 2.88. The van der Waals surface area contributed by atoms with Crippen molar-refractivity contribution in [1.82, 2.24) is 19.7 Å². The van der Waals surface area contributed by atoms with Gasteiger partial charge in [0.25, 0.3) is 0 Å². The van der Waals surface area contributed by atoms with E-state index >= 15 is 0 Å². The zero-order valence-electron chi connectivity index (χ0n) is 9.85. The Labute approximate surface area is 95.5 Å². The maximum Gasteiger partial charge on any atom is 0.345 e. The molecule has 1 aliphatic rings. The average molecular weight is 224 g/mol. The topological polar surface area (TPSA) is 51.9 Å². The van der Waals surface area contributed by atoms with Gasteiger partial charge in [-0.25, -0.2) is 9.48 Å². The van der Waals surface area contributed by atoms with E-state index in [9.17, 15) is 4.79 Å². The second-order valence-electron chi connectivity index (χ2n) is 4.54. The lowest BCUT2D eigenvalue weighted by Crippen LogP contribution is -2.29. The van der Waals surface area contributed by atoms with Crippen LogP contribution in [0.3, 0.4) is 0 Å². The minimum atomic E-state index is -0.0270. The molecule has 0 bridgehead atoms. The van der Waals surface area contributed by atoms with Crippen molar-refractivity contribution in [3.8, 4) is 0 Å². The SMILES string of the molecule is Cn1cnn(CCCNC2CCCC2)c1=O. The molecule has 0 aliphatic heterocycles. The van der Waals surface area contributed by atoms with Gasteiger partial charge < -0.3 is 5.32 Å². The number of aryl methyl sites for hydroxylation is 2. The van der Waals surface area contributed by atoms with E-state index < -0.39 is 0 Å². The Hall–Kier alpha value is -1.10. The Morgan fingerprint density at radius 2 is 2.25 bits per heavy atom. The van der Waals surface area contributed by atoms with Crippen molar-refractivity contribution < 1.29 is 0 Å². The number of nitrogens with zero attached hydrogens (tertiary/aromatic N) is 3. The Bertz CT molecular complexity index is 376. The summed E-state index contributed by atoms with van der Waals surface area (Å²) in [7, 11) is 1.72. The molecule has 0 aromatic carbocycles. The molecule has 1 aromatic heterocycles. The highest BCUT2D eigenvalue weighted by Crippen LogP contribution is 2.17. The van der Waals surface area contributed by atoms with Gasteiger partial charge in [-0.05, 0) is 25.8 Å². The standard InChI is InChI=1S/C11H20N4O/c1-14-9-13-15(11(14)16)8-4-7-12-10-5-2-3-6-10/h9-10,12H,2-8H2,1H3.